The molecule has 0 aliphatic carbocycles. The normalized spacial score (nSPS) is 7.67. The zero-order chi connectivity index (χ0) is 16.5. The summed E-state index contributed by atoms with van der Waals surface area (Å²) in [5.41, 5.74) is 3.87. The van der Waals surface area contributed by atoms with Crippen molar-refractivity contribution < 1.29 is 0 Å². The molecule has 0 fully saturated rings. The van der Waals surface area contributed by atoms with Gasteiger partial charge < -0.3 is 0 Å². The first kappa shape index (κ1) is 21.2. The van der Waals surface area contributed by atoms with E-state index in [1.165, 1.54) is 16.7 Å². The molecule has 0 atom stereocenters. The van der Waals surface area contributed by atoms with Gasteiger partial charge in [-0.2, -0.15) is 0 Å². The Morgan fingerprint density at radius 1 is 0.619 bits per heavy atom. The van der Waals surface area contributed by atoms with Crippen LogP contribution < -0.4 is 0 Å². The fourth-order valence-electron chi connectivity index (χ4n) is 1.38. The number of hydrogen-bond acceptors (Lipinski definition) is 0. The molecular weight excluding hydrogens is 252 g/mol. The van der Waals surface area contributed by atoms with E-state index in [1.54, 1.807) is 12.2 Å². The fraction of sp³-hybridized carbons (Fsp3) is 0.238. The summed E-state index contributed by atoms with van der Waals surface area (Å²) in [6, 6.07) is 19.0. The SMILES string of the molecule is C=CC=C.CC.CC.Cc1ccc(-c2ccccc2)cc1. The van der Waals surface area contributed by atoms with Gasteiger partial charge in [-0.15, -0.1) is 0 Å². The van der Waals surface area contributed by atoms with Crippen LogP contribution in [0, 0.1) is 6.92 Å². The molecule has 0 aliphatic rings. The van der Waals surface area contributed by atoms with Crippen LogP contribution in [-0.4, -0.2) is 0 Å². The average molecular weight is 282 g/mol. The highest BCUT2D eigenvalue weighted by Crippen LogP contribution is 2.18. The van der Waals surface area contributed by atoms with Crippen LogP contribution in [0.25, 0.3) is 11.1 Å². The third kappa shape index (κ3) is 10.4. The van der Waals surface area contributed by atoms with Crippen molar-refractivity contribution in [1.29, 1.82) is 0 Å². The number of aryl methyl sites for hydroxylation is 1. The van der Waals surface area contributed by atoms with Gasteiger partial charge in [0.15, 0.2) is 0 Å². The van der Waals surface area contributed by atoms with Crippen LogP contribution >= 0.6 is 0 Å². The van der Waals surface area contributed by atoms with Gasteiger partial charge in [0.25, 0.3) is 0 Å². The maximum Gasteiger partial charge on any atom is -0.0184 e. The maximum atomic E-state index is 3.36. The highest BCUT2D eigenvalue weighted by atomic mass is 14.0. The molecule has 0 aromatic heterocycles. The molecule has 0 spiro atoms. The van der Waals surface area contributed by atoms with Crippen molar-refractivity contribution in [2.75, 3.05) is 0 Å². The molecule has 2 aromatic rings. The molecule has 0 saturated carbocycles. The van der Waals surface area contributed by atoms with Crippen molar-refractivity contribution in [2.24, 2.45) is 0 Å². The lowest BCUT2D eigenvalue weighted by molar-refractivity contribution is 1.47. The van der Waals surface area contributed by atoms with Gasteiger partial charge in [-0.05, 0) is 18.1 Å². The van der Waals surface area contributed by atoms with Crippen molar-refractivity contribution >= 4 is 0 Å². The Hall–Kier alpha value is -2.08. The smallest absolute Gasteiger partial charge is 0.0184 e. The van der Waals surface area contributed by atoms with Gasteiger partial charge in [0.1, 0.15) is 0 Å². The van der Waals surface area contributed by atoms with Crippen LogP contribution in [-0.2, 0) is 0 Å². The third-order valence-electron chi connectivity index (χ3n) is 2.33. The number of hydrogen-bond donors (Lipinski definition) is 0. The van der Waals surface area contributed by atoms with Crippen molar-refractivity contribution in [3.63, 3.8) is 0 Å². The second-order valence-corrected chi connectivity index (χ2v) is 3.70. The molecule has 2 aromatic carbocycles. The molecular formula is C21H30. The third-order valence-corrected chi connectivity index (χ3v) is 2.33. The molecule has 0 radical (unpaired) electrons. The van der Waals surface area contributed by atoms with Gasteiger partial charge in [-0.1, -0.05) is 113 Å². The van der Waals surface area contributed by atoms with Crippen LogP contribution in [0.3, 0.4) is 0 Å². The van der Waals surface area contributed by atoms with E-state index in [4.69, 9.17) is 0 Å². The average Bonchev–Trinajstić information content (AvgIpc) is 2.60. The monoisotopic (exact) mass is 282 g/mol. The maximum absolute atomic E-state index is 3.36. The highest BCUT2D eigenvalue weighted by molar-refractivity contribution is 5.63. The zero-order valence-electron chi connectivity index (χ0n) is 14.3. The molecule has 0 heteroatoms. The molecule has 114 valence electrons. The summed E-state index contributed by atoms with van der Waals surface area (Å²) in [7, 11) is 0. The van der Waals surface area contributed by atoms with E-state index in [9.17, 15) is 0 Å². The minimum absolute atomic E-state index is 1.28. The Morgan fingerprint density at radius 2 is 1.00 bits per heavy atom. The highest BCUT2D eigenvalue weighted by Gasteiger charge is 1.93. The molecule has 2 rings (SSSR count). The van der Waals surface area contributed by atoms with E-state index in [0.717, 1.165) is 0 Å². The van der Waals surface area contributed by atoms with E-state index in [1.807, 2.05) is 33.8 Å². The number of allylic oxidation sites excluding steroid dienone is 2. The summed E-state index contributed by atoms with van der Waals surface area (Å²) < 4.78 is 0. The summed E-state index contributed by atoms with van der Waals surface area (Å²) in [6.45, 7) is 16.8. The second kappa shape index (κ2) is 16.0. The van der Waals surface area contributed by atoms with Crippen LogP contribution in [0.15, 0.2) is 79.9 Å². The molecule has 0 amide bonds. The van der Waals surface area contributed by atoms with Gasteiger partial charge in [0.2, 0.25) is 0 Å². The van der Waals surface area contributed by atoms with E-state index in [0.29, 0.717) is 0 Å². The van der Waals surface area contributed by atoms with E-state index in [-0.39, 0.29) is 0 Å². The lowest BCUT2D eigenvalue weighted by Crippen LogP contribution is -1.76. The van der Waals surface area contributed by atoms with E-state index < -0.39 is 0 Å². The number of benzene rings is 2. The molecule has 0 bridgehead atoms. The zero-order valence-corrected chi connectivity index (χ0v) is 14.3. The Bertz CT molecular complexity index is 443. The molecule has 0 aliphatic heterocycles. The lowest BCUT2D eigenvalue weighted by atomic mass is 10.0. The quantitative estimate of drug-likeness (QED) is 0.516. The van der Waals surface area contributed by atoms with Crippen LogP contribution in [0.4, 0.5) is 0 Å². The molecule has 0 saturated heterocycles. The summed E-state index contributed by atoms with van der Waals surface area (Å²) in [5.74, 6) is 0. The van der Waals surface area contributed by atoms with Gasteiger partial charge in [-0.25, -0.2) is 0 Å². The van der Waals surface area contributed by atoms with Gasteiger partial charge in [0, 0.05) is 0 Å². The Labute approximate surface area is 131 Å². The second-order valence-electron chi connectivity index (χ2n) is 3.70. The predicted molar refractivity (Wildman–Crippen MR) is 99.7 cm³/mol. The van der Waals surface area contributed by atoms with Crippen molar-refractivity contribution in [3.8, 4) is 11.1 Å². The Kier molecular flexibility index (Phi) is 16.1. The Morgan fingerprint density at radius 3 is 1.38 bits per heavy atom. The van der Waals surface area contributed by atoms with Gasteiger partial charge >= 0.3 is 0 Å². The molecule has 0 N–H and O–H groups in total. The Balaban J connectivity index is 0. The summed E-state index contributed by atoms with van der Waals surface area (Å²) in [6.07, 6.45) is 3.28. The standard InChI is InChI=1S/C13H12.C4H6.2C2H6/c1-11-7-9-13(10-8-11)12-5-3-2-4-6-12;1-3-4-2;2*1-2/h2-10H,1H3;3-4H,1-2H2;2*1-2H3. The lowest BCUT2D eigenvalue weighted by Gasteiger charge is -2.00. The molecule has 0 nitrogen and oxygen atoms in total. The topological polar surface area (TPSA) is 0 Å². The first-order chi connectivity index (χ1) is 10.3. The van der Waals surface area contributed by atoms with Crippen LogP contribution in [0.5, 0.6) is 0 Å². The molecule has 0 heterocycles. The summed E-state index contributed by atoms with van der Waals surface area (Å²) in [4.78, 5) is 0. The van der Waals surface area contributed by atoms with Gasteiger partial charge in [-0.3, -0.25) is 0 Å². The van der Waals surface area contributed by atoms with Crippen LogP contribution in [0.2, 0.25) is 0 Å². The first-order valence-electron chi connectivity index (χ1n) is 7.63. The van der Waals surface area contributed by atoms with E-state index >= 15 is 0 Å². The molecule has 0 unspecified atom stereocenters. The summed E-state index contributed by atoms with van der Waals surface area (Å²) in [5, 5.41) is 0. The largest absolute Gasteiger partial charge is 0.0991 e. The predicted octanol–water partition coefficient (Wildman–Crippen LogP) is 7.07. The summed E-state index contributed by atoms with van der Waals surface area (Å²) >= 11 is 0. The van der Waals surface area contributed by atoms with Crippen LogP contribution in [0.1, 0.15) is 33.3 Å². The first-order valence-corrected chi connectivity index (χ1v) is 7.63. The minimum atomic E-state index is 1.28. The number of rotatable bonds is 2. The van der Waals surface area contributed by atoms with Crippen molar-refractivity contribution in [1.82, 2.24) is 0 Å². The van der Waals surface area contributed by atoms with Crippen molar-refractivity contribution in [3.05, 3.63) is 85.5 Å². The van der Waals surface area contributed by atoms with E-state index in [2.05, 4.69) is 68.6 Å². The fourth-order valence-corrected chi connectivity index (χ4v) is 1.38. The minimum Gasteiger partial charge on any atom is -0.0991 e. The van der Waals surface area contributed by atoms with Crippen molar-refractivity contribution in [2.45, 2.75) is 34.6 Å². The van der Waals surface area contributed by atoms with Gasteiger partial charge in [0.05, 0.1) is 0 Å². The molecule has 21 heavy (non-hydrogen) atoms.